The van der Waals surface area contributed by atoms with Gasteiger partial charge in [-0.25, -0.2) is 4.79 Å². The van der Waals surface area contributed by atoms with Gasteiger partial charge in [0.05, 0.1) is 6.61 Å². The third-order valence-electron chi connectivity index (χ3n) is 3.04. The van der Waals surface area contributed by atoms with Gasteiger partial charge in [0.2, 0.25) is 0 Å². The third-order valence-corrected chi connectivity index (χ3v) is 3.04. The highest BCUT2D eigenvalue weighted by Crippen LogP contribution is 2.34. The summed E-state index contributed by atoms with van der Waals surface area (Å²) in [6.07, 6.45) is 2.08. The molecule has 120 valence electrons. The summed E-state index contributed by atoms with van der Waals surface area (Å²) in [7, 11) is 0. The number of benzene rings is 1. The van der Waals surface area contributed by atoms with Gasteiger partial charge in [-0.15, -0.1) is 0 Å². The van der Waals surface area contributed by atoms with E-state index in [1.807, 2.05) is 0 Å². The van der Waals surface area contributed by atoms with E-state index < -0.39 is 18.5 Å². The molecule has 1 aliphatic carbocycles. The summed E-state index contributed by atoms with van der Waals surface area (Å²) in [6.45, 7) is -2.62. The lowest BCUT2D eigenvalue weighted by Crippen LogP contribution is -2.30. The average molecular weight is 315 g/mol. The Morgan fingerprint density at radius 3 is 2.64 bits per heavy atom. The second-order valence-corrected chi connectivity index (χ2v) is 4.90. The first-order valence-corrected chi connectivity index (χ1v) is 6.67. The highest BCUT2D eigenvalue weighted by Gasteiger charge is 2.23. The number of carboxylic acids is 1. The summed E-state index contributed by atoms with van der Waals surface area (Å²) in [4.78, 5) is 21.4. The van der Waals surface area contributed by atoms with E-state index in [9.17, 15) is 18.4 Å². The number of aliphatic carboxylic acids is 1. The first-order valence-electron chi connectivity index (χ1n) is 6.67. The molecule has 0 bridgehead atoms. The van der Waals surface area contributed by atoms with Crippen LogP contribution in [0.2, 0.25) is 0 Å². The fourth-order valence-electron chi connectivity index (χ4n) is 1.72. The average Bonchev–Trinajstić information content (AvgIpc) is 3.27. The van der Waals surface area contributed by atoms with Crippen LogP contribution in [0.15, 0.2) is 18.2 Å². The van der Waals surface area contributed by atoms with E-state index in [2.05, 4.69) is 10.1 Å². The van der Waals surface area contributed by atoms with Gasteiger partial charge >= 0.3 is 18.5 Å². The van der Waals surface area contributed by atoms with Crippen molar-refractivity contribution in [2.24, 2.45) is 5.92 Å². The van der Waals surface area contributed by atoms with Crippen LogP contribution in [0.1, 0.15) is 18.4 Å². The van der Waals surface area contributed by atoms with Crippen LogP contribution >= 0.6 is 0 Å². The van der Waals surface area contributed by atoms with E-state index in [1.54, 1.807) is 0 Å². The number of ether oxygens (including phenoxy) is 2. The normalized spacial score (nSPS) is 13.8. The van der Waals surface area contributed by atoms with Crippen molar-refractivity contribution in [3.8, 4) is 11.5 Å². The van der Waals surface area contributed by atoms with Gasteiger partial charge in [0.25, 0.3) is 0 Å². The Labute approximate surface area is 125 Å². The predicted molar refractivity (Wildman–Crippen MR) is 70.8 cm³/mol. The van der Waals surface area contributed by atoms with Crippen LogP contribution in [0.5, 0.6) is 11.5 Å². The quantitative estimate of drug-likeness (QED) is 0.749. The summed E-state index contributed by atoms with van der Waals surface area (Å²) in [5.41, 5.74) is 0.516. The van der Waals surface area contributed by atoms with E-state index >= 15 is 0 Å². The lowest BCUT2D eigenvalue weighted by Gasteiger charge is -2.13. The summed E-state index contributed by atoms with van der Waals surface area (Å²) >= 11 is 0. The van der Waals surface area contributed by atoms with Crippen LogP contribution in [-0.2, 0) is 16.1 Å². The SMILES string of the molecule is O=C(O)C(=O)NCc1ccc(OC(F)F)c(OCC2CC2)c1. The molecule has 1 aromatic carbocycles. The molecule has 22 heavy (non-hydrogen) atoms. The van der Waals surface area contributed by atoms with Crippen LogP contribution in [-0.4, -0.2) is 30.2 Å². The van der Waals surface area contributed by atoms with Gasteiger partial charge in [-0.3, -0.25) is 4.79 Å². The van der Waals surface area contributed by atoms with Crippen molar-refractivity contribution < 1.29 is 33.0 Å². The molecule has 1 amide bonds. The van der Waals surface area contributed by atoms with Gasteiger partial charge in [0.15, 0.2) is 11.5 Å². The number of carboxylic acid groups (broad SMARTS) is 1. The highest BCUT2D eigenvalue weighted by atomic mass is 19.3. The van der Waals surface area contributed by atoms with Crippen molar-refractivity contribution in [3.63, 3.8) is 0 Å². The van der Waals surface area contributed by atoms with Crippen molar-refractivity contribution >= 4 is 11.9 Å². The van der Waals surface area contributed by atoms with Gasteiger partial charge in [0.1, 0.15) is 0 Å². The van der Waals surface area contributed by atoms with E-state index in [4.69, 9.17) is 9.84 Å². The van der Waals surface area contributed by atoms with Gasteiger partial charge in [-0.05, 0) is 36.5 Å². The molecule has 0 atom stereocenters. The number of halogens is 2. The lowest BCUT2D eigenvalue weighted by atomic mass is 10.2. The molecular weight excluding hydrogens is 300 g/mol. The molecule has 2 rings (SSSR count). The van der Waals surface area contributed by atoms with Crippen LogP contribution in [0.25, 0.3) is 0 Å². The number of hydrogen-bond acceptors (Lipinski definition) is 4. The fraction of sp³-hybridized carbons (Fsp3) is 0.429. The number of rotatable bonds is 7. The number of amides is 1. The zero-order chi connectivity index (χ0) is 16.1. The van der Waals surface area contributed by atoms with Crippen molar-refractivity contribution in [1.29, 1.82) is 0 Å². The molecule has 0 radical (unpaired) electrons. The largest absolute Gasteiger partial charge is 0.489 e. The Bertz CT molecular complexity index is 560. The Kier molecular flexibility index (Phi) is 5.13. The second kappa shape index (κ2) is 7.06. The van der Waals surface area contributed by atoms with Crippen LogP contribution in [0.3, 0.4) is 0 Å². The van der Waals surface area contributed by atoms with E-state index in [1.165, 1.54) is 18.2 Å². The molecule has 0 spiro atoms. The van der Waals surface area contributed by atoms with Gasteiger partial charge in [0, 0.05) is 6.54 Å². The molecule has 0 heterocycles. The summed E-state index contributed by atoms with van der Waals surface area (Å²) < 4.78 is 34.6. The molecule has 6 nitrogen and oxygen atoms in total. The Hall–Kier alpha value is -2.38. The number of hydrogen-bond donors (Lipinski definition) is 2. The minimum absolute atomic E-state index is 0.0557. The number of carbonyl (C=O) groups is 2. The standard InChI is InChI=1S/C14H15F2NO5/c15-14(16)22-10-4-3-9(6-17-12(18)13(19)20)5-11(10)21-7-8-1-2-8/h3-5,8,14H,1-2,6-7H2,(H,17,18)(H,19,20). The maximum atomic E-state index is 12.4. The van der Waals surface area contributed by atoms with Gasteiger partial charge in [-0.1, -0.05) is 6.07 Å². The van der Waals surface area contributed by atoms with Crippen molar-refractivity contribution in [1.82, 2.24) is 5.32 Å². The molecular formula is C14H15F2NO5. The van der Waals surface area contributed by atoms with Gasteiger partial charge < -0.3 is 19.9 Å². The highest BCUT2D eigenvalue weighted by molar-refractivity contribution is 6.31. The lowest BCUT2D eigenvalue weighted by molar-refractivity contribution is -0.150. The topological polar surface area (TPSA) is 84.9 Å². The summed E-state index contributed by atoms with van der Waals surface area (Å²) in [5, 5.41) is 10.7. The van der Waals surface area contributed by atoms with Crippen molar-refractivity contribution in [3.05, 3.63) is 23.8 Å². The maximum absolute atomic E-state index is 12.4. The molecule has 0 unspecified atom stereocenters. The molecule has 1 aromatic rings. The Morgan fingerprint density at radius 2 is 2.05 bits per heavy atom. The number of nitrogens with one attached hydrogen (secondary N) is 1. The number of alkyl halides is 2. The molecule has 8 heteroatoms. The summed E-state index contributed by atoms with van der Waals surface area (Å²) in [5.74, 6) is -2.26. The zero-order valence-electron chi connectivity index (χ0n) is 11.6. The summed E-state index contributed by atoms with van der Waals surface area (Å²) in [6, 6.07) is 4.20. The van der Waals surface area contributed by atoms with E-state index in [0.717, 1.165) is 12.8 Å². The zero-order valence-corrected chi connectivity index (χ0v) is 11.6. The minimum atomic E-state index is -2.97. The van der Waals surface area contributed by atoms with Crippen LogP contribution in [0, 0.1) is 5.92 Å². The maximum Gasteiger partial charge on any atom is 0.394 e. The molecule has 0 saturated heterocycles. The van der Waals surface area contributed by atoms with Crippen molar-refractivity contribution in [2.75, 3.05) is 6.61 Å². The fourth-order valence-corrected chi connectivity index (χ4v) is 1.72. The first-order chi connectivity index (χ1) is 10.5. The molecule has 2 N–H and O–H groups in total. The molecule has 1 aliphatic rings. The van der Waals surface area contributed by atoms with E-state index in [-0.39, 0.29) is 18.0 Å². The van der Waals surface area contributed by atoms with Crippen LogP contribution < -0.4 is 14.8 Å². The second-order valence-electron chi connectivity index (χ2n) is 4.90. The monoisotopic (exact) mass is 315 g/mol. The number of carbonyl (C=O) groups excluding carboxylic acids is 1. The molecule has 1 fully saturated rings. The predicted octanol–water partition coefficient (Wildman–Crippen LogP) is 1.78. The van der Waals surface area contributed by atoms with E-state index in [0.29, 0.717) is 18.1 Å². The Balaban J connectivity index is 2.05. The molecule has 1 saturated carbocycles. The van der Waals surface area contributed by atoms with Crippen LogP contribution in [0.4, 0.5) is 8.78 Å². The first kappa shape index (κ1) is 16.0. The molecule has 0 aliphatic heterocycles. The van der Waals surface area contributed by atoms with Crippen molar-refractivity contribution in [2.45, 2.75) is 26.0 Å². The minimum Gasteiger partial charge on any atom is -0.489 e. The smallest absolute Gasteiger partial charge is 0.394 e. The molecule has 0 aromatic heterocycles. The Morgan fingerprint density at radius 1 is 1.32 bits per heavy atom. The van der Waals surface area contributed by atoms with Gasteiger partial charge in [-0.2, -0.15) is 8.78 Å². The third kappa shape index (κ3) is 4.87.